The van der Waals surface area contributed by atoms with Gasteiger partial charge >= 0.3 is 6.09 Å². The van der Waals surface area contributed by atoms with Crippen LogP contribution in [0.2, 0.25) is 0 Å². The highest BCUT2D eigenvalue weighted by atomic mass is 32.1. The van der Waals surface area contributed by atoms with Crippen LogP contribution in [0, 0.1) is 6.92 Å². The first-order valence-electron chi connectivity index (χ1n) is 5.09. The summed E-state index contributed by atoms with van der Waals surface area (Å²) in [4.78, 5) is 23.6. The van der Waals surface area contributed by atoms with Crippen molar-refractivity contribution >= 4 is 28.3 Å². The fraction of sp³-hybridized carbons (Fsp3) is 0.455. The Morgan fingerprint density at radius 2 is 2.00 bits per heavy atom. The van der Waals surface area contributed by atoms with Gasteiger partial charge in [-0.1, -0.05) is 0 Å². The number of nitrogens with one attached hydrogen (secondary N) is 1. The fourth-order valence-corrected chi connectivity index (χ4v) is 2.09. The summed E-state index contributed by atoms with van der Waals surface area (Å²) in [7, 11) is 0. The molecule has 0 radical (unpaired) electrons. The van der Waals surface area contributed by atoms with E-state index in [0.29, 0.717) is 10.6 Å². The number of primary amides is 1. The van der Waals surface area contributed by atoms with Crippen LogP contribution < -0.4 is 11.1 Å². The minimum atomic E-state index is -0.596. The Kier molecular flexibility index (Phi) is 3.77. The summed E-state index contributed by atoms with van der Waals surface area (Å²) in [5.41, 5.74) is 4.93. The van der Waals surface area contributed by atoms with E-state index in [4.69, 9.17) is 10.5 Å². The molecule has 2 amide bonds. The number of anilines is 1. The average Bonchev–Trinajstić information content (AvgIpc) is 2.42. The van der Waals surface area contributed by atoms with E-state index in [2.05, 4.69) is 5.32 Å². The number of carbonyl (C=O) groups is 2. The first-order chi connectivity index (χ1) is 7.69. The third-order valence-electron chi connectivity index (χ3n) is 1.74. The van der Waals surface area contributed by atoms with Gasteiger partial charge in [0.25, 0.3) is 5.91 Å². The molecule has 0 atom stereocenters. The minimum Gasteiger partial charge on any atom is -0.444 e. The van der Waals surface area contributed by atoms with Gasteiger partial charge in [0.1, 0.15) is 10.6 Å². The van der Waals surface area contributed by atoms with Crippen molar-refractivity contribution in [3.05, 3.63) is 16.5 Å². The second-order valence-corrected chi connectivity index (χ2v) is 5.85. The van der Waals surface area contributed by atoms with Crippen LogP contribution in [0.3, 0.4) is 0 Å². The summed E-state index contributed by atoms with van der Waals surface area (Å²) < 4.78 is 5.09. The number of nitrogens with two attached hydrogens (primary N) is 1. The van der Waals surface area contributed by atoms with Gasteiger partial charge in [-0.05, 0) is 33.8 Å². The third kappa shape index (κ3) is 4.07. The molecule has 0 saturated heterocycles. The molecule has 17 heavy (non-hydrogen) atoms. The van der Waals surface area contributed by atoms with Gasteiger partial charge in [-0.25, -0.2) is 4.79 Å². The van der Waals surface area contributed by atoms with Crippen molar-refractivity contribution in [1.29, 1.82) is 0 Å². The zero-order chi connectivity index (χ0) is 13.2. The minimum absolute atomic E-state index is 0.304. The number of hydrogen-bond acceptors (Lipinski definition) is 4. The number of rotatable bonds is 2. The summed E-state index contributed by atoms with van der Waals surface area (Å²) >= 11 is 1.28. The molecule has 3 N–H and O–H groups in total. The van der Waals surface area contributed by atoms with Crippen LogP contribution in [0.25, 0.3) is 0 Å². The molecule has 0 unspecified atom stereocenters. The Balaban J connectivity index is 2.81. The van der Waals surface area contributed by atoms with Crippen LogP contribution in [0.5, 0.6) is 0 Å². The number of aryl methyl sites for hydroxylation is 1. The van der Waals surface area contributed by atoms with E-state index in [-0.39, 0.29) is 0 Å². The van der Waals surface area contributed by atoms with E-state index in [0.717, 1.165) is 4.88 Å². The second-order valence-electron chi connectivity index (χ2n) is 4.59. The van der Waals surface area contributed by atoms with Gasteiger partial charge in [0, 0.05) is 4.88 Å². The van der Waals surface area contributed by atoms with Crippen molar-refractivity contribution in [1.82, 2.24) is 0 Å². The molecular formula is C11H16N2O3S. The molecule has 1 rings (SSSR count). The smallest absolute Gasteiger partial charge is 0.412 e. The zero-order valence-corrected chi connectivity index (χ0v) is 11.1. The molecule has 0 aromatic carbocycles. The second kappa shape index (κ2) is 4.75. The molecule has 0 aliphatic heterocycles. The maximum absolute atomic E-state index is 11.5. The van der Waals surface area contributed by atoms with Crippen LogP contribution in [-0.2, 0) is 4.74 Å². The van der Waals surface area contributed by atoms with E-state index in [1.54, 1.807) is 26.8 Å². The SMILES string of the molecule is Cc1cc(C(N)=O)c(NC(=O)OC(C)(C)C)s1. The first-order valence-corrected chi connectivity index (χ1v) is 5.91. The van der Waals surface area contributed by atoms with Crippen molar-refractivity contribution in [3.8, 4) is 0 Å². The standard InChI is InChI=1S/C11H16N2O3S/c1-6-5-7(8(12)14)9(17-6)13-10(15)16-11(2,3)4/h5H,1-4H3,(H2,12,14)(H,13,15). The Morgan fingerprint density at radius 3 is 2.47 bits per heavy atom. The van der Waals surface area contributed by atoms with Gasteiger partial charge in [0.2, 0.25) is 0 Å². The lowest BCUT2D eigenvalue weighted by Gasteiger charge is -2.19. The molecule has 0 saturated carbocycles. The van der Waals surface area contributed by atoms with E-state index in [1.165, 1.54) is 11.3 Å². The summed E-state index contributed by atoms with van der Waals surface area (Å²) in [6.45, 7) is 7.13. The van der Waals surface area contributed by atoms with Gasteiger partial charge in [0.05, 0.1) is 5.56 Å². The van der Waals surface area contributed by atoms with Crippen LogP contribution in [-0.4, -0.2) is 17.6 Å². The predicted molar refractivity (Wildman–Crippen MR) is 67.4 cm³/mol. The summed E-state index contributed by atoms with van der Waals surface area (Å²) in [5, 5.41) is 2.95. The van der Waals surface area contributed by atoms with Gasteiger partial charge in [-0.3, -0.25) is 10.1 Å². The lowest BCUT2D eigenvalue weighted by Crippen LogP contribution is -2.27. The fourth-order valence-electron chi connectivity index (χ4n) is 1.19. The van der Waals surface area contributed by atoms with Gasteiger partial charge in [-0.2, -0.15) is 0 Å². The topological polar surface area (TPSA) is 81.4 Å². The van der Waals surface area contributed by atoms with Crippen LogP contribution in [0.4, 0.5) is 9.80 Å². The number of thiophene rings is 1. The van der Waals surface area contributed by atoms with Crippen molar-refractivity contribution < 1.29 is 14.3 Å². The van der Waals surface area contributed by atoms with Gasteiger partial charge in [-0.15, -0.1) is 11.3 Å². The van der Waals surface area contributed by atoms with E-state index in [9.17, 15) is 9.59 Å². The Labute approximate surface area is 104 Å². The van der Waals surface area contributed by atoms with E-state index in [1.807, 2.05) is 6.92 Å². The van der Waals surface area contributed by atoms with Crippen molar-refractivity contribution in [2.24, 2.45) is 5.73 Å². The van der Waals surface area contributed by atoms with E-state index >= 15 is 0 Å². The summed E-state index contributed by atoms with van der Waals surface area (Å²) in [6.07, 6.45) is -0.596. The molecule has 0 aliphatic rings. The highest BCUT2D eigenvalue weighted by Gasteiger charge is 2.19. The maximum Gasteiger partial charge on any atom is 0.412 e. The Morgan fingerprint density at radius 1 is 1.41 bits per heavy atom. The molecule has 1 aromatic heterocycles. The highest BCUT2D eigenvalue weighted by molar-refractivity contribution is 7.16. The lowest BCUT2D eigenvalue weighted by atomic mass is 10.2. The molecule has 0 aliphatic carbocycles. The maximum atomic E-state index is 11.5. The van der Waals surface area contributed by atoms with E-state index < -0.39 is 17.6 Å². The first kappa shape index (κ1) is 13.5. The van der Waals surface area contributed by atoms with Crippen LogP contribution >= 0.6 is 11.3 Å². The molecule has 1 heterocycles. The molecule has 1 aromatic rings. The zero-order valence-electron chi connectivity index (χ0n) is 10.3. The van der Waals surface area contributed by atoms with Crippen molar-refractivity contribution in [2.45, 2.75) is 33.3 Å². The largest absolute Gasteiger partial charge is 0.444 e. The number of ether oxygens (including phenoxy) is 1. The number of amides is 2. The molecule has 0 spiro atoms. The predicted octanol–water partition coefficient (Wildman–Crippen LogP) is 2.50. The molecule has 5 nitrogen and oxygen atoms in total. The molecule has 6 heteroatoms. The highest BCUT2D eigenvalue weighted by Crippen LogP contribution is 2.27. The van der Waals surface area contributed by atoms with Crippen molar-refractivity contribution in [3.63, 3.8) is 0 Å². The van der Waals surface area contributed by atoms with Gasteiger partial charge < -0.3 is 10.5 Å². The third-order valence-corrected chi connectivity index (χ3v) is 2.70. The Hall–Kier alpha value is -1.56. The van der Waals surface area contributed by atoms with Crippen LogP contribution in [0.1, 0.15) is 36.0 Å². The molecule has 94 valence electrons. The number of hydrogen-bond donors (Lipinski definition) is 2. The molecule has 0 fully saturated rings. The van der Waals surface area contributed by atoms with Crippen molar-refractivity contribution in [2.75, 3.05) is 5.32 Å². The van der Waals surface area contributed by atoms with Crippen LogP contribution in [0.15, 0.2) is 6.07 Å². The summed E-state index contributed by atoms with van der Waals surface area (Å²) in [6, 6.07) is 1.64. The normalized spacial score (nSPS) is 11.1. The average molecular weight is 256 g/mol. The Bertz CT molecular complexity index is 446. The quantitative estimate of drug-likeness (QED) is 0.853. The molecular weight excluding hydrogens is 240 g/mol. The lowest BCUT2D eigenvalue weighted by molar-refractivity contribution is 0.0636. The number of carbonyl (C=O) groups excluding carboxylic acids is 2. The molecule has 0 bridgehead atoms. The summed E-state index contributed by atoms with van der Waals surface area (Å²) in [5.74, 6) is -0.569. The van der Waals surface area contributed by atoms with Gasteiger partial charge in [0.15, 0.2) is 0 Å². The monoisotopic (exact) mass is 256 g/mol.